The van der Waals surface area contributed by atoms with E-state index in [1.165, 1.54) is 12.1 Å². The van der Waals surface area contributed by atoms with Gasteiger partial charge in [-0.2, -0.15) is 0 Å². The summed E-state index contributed by atoms with van der Waals surface area (Å²) in [7, 11) is 0. The molecule has 0 aliphatic rings. The summed E-state index contributed by atoms with van der Waals surface area (Å²) < 4.78 is 5.60. The second-order valence-corrected chi connectivity index (χ2v) is 4.43. The first kappa shape index (κ1) is 15.4. The van der Waals surface area contributed by atoms with Crippen molar-refractivity contribution in [3.63, 3.8) is 0 Å². The van der Waals surface area contributed by atoms with Gasteiger partial charge in [-0.25, -0.2) is 0 Å². The maximum Gasteiger partial charge on any atom is 0.270 e. The standard InChI is InChI=1S/C13H20N2O4/c1-3-14-7-11-6-12(15(17)18)4-5-13(11)19-9-10(2)8-16/h4-6,10,14,16H,3,7-9H2,1-2H3. The molecule has 1 aromatic carbocycles. The molecule has 6 heteroatoms. The van der Waals surface area contributed by atoms with Gasteiger partial charge in [0, 0.05) is 36.8 Å². The van der Waals surface area contributed by atoms with Gasteiger partial charge >= 0.3 is 0 Å². The topological polar surface area (TPSA) is 84.6 Å². The maximum atomic E-state index is 10.8. The summed E-state index contributed by atoms with van der Waals surface area (Å²) >= 11 is 0. The molecule has 6 nitrogen and oxygen atoms in total. The third-order valence-corrected chi connectivity index (χ3v) is 2.66. The van der Waals surface area contributed by atoms with Gasteiger partial charge in [0.05, 0.1) is 11.5 Å². The van der Waals surface area contributed by atoms with Crippen LogP contribution in [0.5, 0.6) is 5.75 Å². The van der Waals surface area contributed by atoms with Gasteiger partial charge < -0.3 is 15.2 Å². The van der Waals surface area contributed by atoms with Gasteiger partial charge in [-0.3, -0.25) is 10.1 Å². The van der Waals surface area contributed by atoms with Crippen molar-refractivity contribution >= 4 is 5.69 Å². The minimum absolute atomic E-state index is 0.0298. The zero-order valence-electron chi connectivity index (χ0n) is 11.3. The average molecular weight is 268 g/mol. The molecule has 2 N–H and O–H groups in total. The van der Waals surface area contributed by atoms with E-state index in [2.05, 4.69) is 5.32 Å². The molecule has 0 saturated heterocycles. The summed E-state index contributed by atoms with van der Waals surface area (Å²) in [5.41, 5.74) is 0.802. The van der Waals surface area contributed by atoms with Crippen molar-refractivity contribution in [1.29, 1.82) is 0 Å². The van der Waals surface area contributed by atoms with Crippen LogP contribution >= 0.6 is 0 Å². The normalized spacial score (nSPS) is 12.2. The van der Waals surface area contributed by atoms with Crippen LogP contribution in [0.3, 0.4) is 0 Å². The predicted octanol–water partition coefficient (Wildman–Crippen LogP) is 1.71. The number of ether oxygens (including phenoxy) is 1. The van der Waals surface area contributed by atoms with E-state index in [-0.39, 0.29) is 18.2 Å². The second kappa shape index (κ2) is 7.70. The molecule has 0 fully saturated rings. The molecule has 0 spiro atoms. The van der Waals surface area contributed by atoms with Crippen molar-refractivity contribution in [3.8, 4) is 5.75 Å². The minimum Gasteiger partial charge on any atom is -0.493 e. The lowest BCUT2D eigenvalue weighted by Crippen LogP contribution is -2.16. The smallest absolute Gasteiger partial charge is 0.270 e. The molecule has 0 aromatic heterocycles. The van der Waals surface area contributed by atoms with Crippen LogP contribution in [-0.2, 0) is 6.54 Å². The van der Waals surface area contributed by atoms with E-state index in [4.69, 9.17) is 9.84 Å². The van der Waals surface area contributed by atoms with Crippen molar-refractivity contribution in [2.24, 2.45) is 5.92 Å². The van der Waals surface area contributed by atoms with Crippen LogP contribution in [0.15, 0.2) is 18.2 Å². The molecule has 1 aromatic rings. The number of non-ortho nitro benzene ring substituents is 1. The Labute approximate surface area is 112 Å². The van der Waals surface area contributed by atoms with Crippen molar-refractivity contribution in [1.82, 2.24) is 5.32 Å². The molecule has 0 radical (unpaired) electrons. The first-order valence-electron chi connectivity index (χ1n) is 6.30. The molecule has 106 valence electrons. The molecule has 0 aliphatic heterocycles. The van der Waals surface area contributed by atoms with E-state index in [1.54, 1.807) is 6.07 Å². The van der Waals surface area contributed by atoms with Gasteiger partial charge in [-0.15, -0.1) is 0 Å². The van der Waals surface area contributed by atoms with Gasteiger partial charge in [0.25, 0.3) is 5.69 Å². The molecular weight excluding hydrogens is 248 g/mol. The molecule has 1 unspecified atom stereocenters. The molecular formula is C13H20N2O4. The monoisotopic (exact) mass is 268 g/mol. The zero-order valence-corrected chi connectivity index (χ0v) is 11.3. The fourth-order valence-corrected chi connectivity index (χ4v) is 1.50. The van der Waals surface area contributed by atoms with Crippen molar-refractivity contribution in [2.45, 2.75) is 20.4 Å². The lowest BCUT2D eigenvalue weighted by Gasteiger charge is -2.14. The summed E-state index contributed by atoms with van der Waals surface area (Å²) in [6.07, 6.45) is 0. The quantitative estimate of drug-likeness (QED) is 0.554. The number of aliphatic hydroxyl groups is 1. The Balaban J connectivity index is 2.85. The van der Waals surface area contributed by atoms with E-state index in [1.807, 2.05) is 13.8 Å². The Kier molecular flexibility index (Phi) is 6.24. The number of hydrogen-bond donors (Lipinski definition) is 2. The summed E-state index contributed by atoms with van der Waals surface area (Å²) in [6, 6.07) is 4.55. The molecule has 19 heavy (non-hydrogen) atoms. The Morgan fingerprint density at radius 3 is 2.84 bits per heavy atom. The average Bonchev–Trinajstić information content (AvgIpc) is 2.42. The first-order valence-corrected chi connectivity index (χ1v) is 6.30. The highest BCUT2D eigenvalue weighted by atomic mass is 16.6. The van der Waals surface area contributed by atoms with Crippen molar-refractivity contribution in [3.05, 3.63) is 33.9 Å². The van der Waals surface area contributed by atoms with Gasteiger partial charge in [-0.05, 0) is 12.6 Å². The van der Waals surface area contributed by atoms with E-state index in [9.17, 15) is 10.1 Å². The summed E-state index contributed by atoms with van der Waals surface area (Å²) in [6.45, 7) is 5.56. The Hall–Kier alpha value is -1.66. The Bertz CT molecular complexity index is 423. The van der Waals surface area contributed by atoms with Crippen molar-refractivity contribution in [2.75, 3.05) is 19.8 Å². The number of nitro benzene ring substituents is 1. The SMILES string of the molecule is CCNCc1cc([N+](=O)[O-])ccc1OCC(C)CO. The lowest BCUT2D eigenvalue weighted by molar-refractivity contribution is -0.384. The van der Waals surface area contributed by atoms with Gasteiger partial charge in [-0.1, -0.05) is 13.8 Å². The fourth-order valence-electron chi connectivity index (χ4n) is 1.50. The molecule has 0 heterocycles. The summed E-state index contributed by atoms with van der Waals surface area (Å²) in [5, 5.41) is 22.8. The van der Waals surface area contributed by atoms with E-state index in [0.717, 1.165) is 12.1 Å². The van der Waals surface area contributed by atoms with Gasteiger partial charge in [0.2, 0.25) is 0 Å². The van der Waals surface area contributed by atoms with E-state index >= 15 is 0 Å². The molecule has 1 atom stereocenters. The largest absolute Gasteiger partial charge is 0.493 e. The fraction of sp³-hybridized carbons (Fsp3) is 0.538. The number of nitrogens with zero attached hydrogens (tertiary/aromatic N) is 1. The van der Waals surface area contributed by atoms with Crippen LogP contribution < -0.4 is 10.1 Å². The van der Waals surface area contributed by atoms with Crippen LogP contribution in [0.4, 0.5) is 5.69 Å². The summed E-state index contributed by atoms with van der Waals surface area (Å²) in [4.78, 5) is 10.3. The zero-order chi connectivity index (χ0) is 14.3. The van der Waals surface area contributed by atoms with Gasteiger partial charge in [0.1, 0.15) is 5.75 Å². The number of benzene rings is 1. The molecule has 0 bridgehead atoms. The highest BCUT2D eigenvalue weighted by molar-refractivity contribution is 5.43. The van der Waals surface area contributed by atoms with Crippen molar-refractivity contribution < 1.29 is 14.8 Å². The molecule has 0 amide bonds. The molecule has 0 saturated carbocycles. The number of hydrogen-bond acceptors (Lipinski definition) is 5. The number of nitro groups is 1. The predicted molar refractivity (Wildman–Crippen MR) is 72.2 cm³/mol. The Morgan fingerprint density at radius 1 is 1.53 bits per heavy atom. The van der Waals surface area contributed by atoms with Crippen LogP contribution in [0.25, 0.3) is 0 Å². The van der Waals surface area contributed by atoms with Crippen LogP contribution in [0.1, 0.15) is 19.4 Å². The molecule has 1 rings (SSSR count). The maximum absolute atomic E-state index is 10.8. The Morgan fingerprint density at radius 2 is 2.26 bits per heavy atom. The second-order valence-electron chi connectivity index (χ2n) is 4.43. The lowest BCUT2D eigenvalue weighted by atomic mass is 10.1. The van der Waals surface area contributed by atoms with E-state index in [0.29, 0.717) is 18.9 Å². The number of nitrogens with one attached hydrogen (secondary N) is 1. The van der Waals surface area contributed by atoms with Crippen LogP contribution in [-0.4, -0.2) is 29.8 Å². The minimum atomic E-state index is -0.421. The number of rotatable bonds is 8. The van der Waals surface area contributed by atoms with Crippen LogP contribution in [0.2, 0.25) is 0 Å². The molecule has 0 aliphatic carbocycles. The van der Waals surface area contributed by atoms with Crippen LogP contribution in [0, 0.1) is 16.0 Å². The highest BCUT2D eigenvalue weighted by Gasteiger charge is 2.12. The van der Waals surface area contributed by atoms with Gasteiger partial charge in [0.15, 0.2) is 0 Å². The van der Waals surface area contributed by atoms with E-state index < -0.39 is 4.92 Å². The third kappa shape index (κ3) is 4.84. The number of aliphatic hydroxyl groups excluding tert-OH is 1. The summed E-state index contributed by atoms with van der Waals surface area (Å²) in [5.74, 6) is 0.647. The first-order chi connectivity index (χ1) is 9.08. The highest BCUT2D eigenvalue weighted by Crippen LogP contribution is 2.24. The third-order valence-electron chi connectivity index (χ3n) is 2.66.